The molecule has 2 atom stereocenters. The Kier molecular flexibility index (Phi) is 9.76. The minimum absolute atomic E-state index is 0.0569. The second-order valence-corrected chi connectivity index (χ2v) is 11.2. The summed E-state index contributed by atoms with van der Waals surface area (Å²) in [6, 6.07) is 22.2. The second-order valence-electron chi connectivity index (χ2n) is 10.3. The zero-order valence-corrected chi connectivity index (χ0v) is 24.7. The number of hydrazine groups is 1. The quantitative estimate of drug-likeness (QED) is 0.113. The molecule has 3 aromatic carbocycles. The van der Waals surface area contributed by atoms with Crippen LogP contribution in [0.5, 0.6) is 5.75 Å². The zero-order valence-electron chi connectivity index (χ0n) is 23.2. The van der Waals surface area contributed by atoms with E-state index >= 15 is 0 Å². The third-order valence-electron chi connectivity index (χ3n) is 7.40. The highest BCUT2D eigenvalue weighted by Crippen LogP contribution is 2.45. The lowest BCUT2D eigenvalue weighted by atomic mass is 9.81. The summed E-state index contributed by atoms with van der Waals surface area (Å²) in [5.41, 5.74) is 13.6. The van der Waals surface area contributed by atoms with E-state index in [1.54, 1.807) is 12.1 Å². The maximum atomic E-state index is 14.4. The fraction of sp³-hybridized carbons (Fsp3) is 0.355. The molecule has 0 spiro atoms. The van der Waals surface area contributed by atoms with E-state index in [1.165, 1.54) is 0 Å². The van der Waals surface area contributed by atoms with E-state index in [0.29, 0.717) is 41.5 Å². The van der Waals surface area contributed by atoms with Crippen LogP contribution in [0.2, 0.25) is 0 Å². The van der Waals surface area contributed by atoms with Gasteiger partial charge in [-0.05, 0) is 60.3 Å². The van der Waals surface area contributed by atoms with E-state index in [1.807, 2.05) is 65.7 Å². The van der Waals surface area contributed by atoms with E-state index in [0.717, 1.165) is 42.4 Å². The van der Waals surface area contributed by atoms with Crippen molar-refractivity contribution in [2.24, 2.45) is 10.1 Å². The first kappa shape index (κ1) is 29.6. The molecule has 1 fully saturated rings. The Morgan fingerprint density at radius 2 is 1.86 bits per heavy atom. The number of carbonyl (C=O) groups is 1. The van der Waals surface area contributed by atoms with Crippen molar-refractivity contribution in [3.05, 3.63) is 104 Å². The van der Waals surface area contributed by atoms with Crippen LogP contribution >= 0.6 is 15.9 Å². The van der Waals surface area contributed by atoms with Crippen molar-refractivity contribution in [1.82, 2.24) is 10.4 Å². The van der Waals surface area contributed by atoms with Crippen LogP contribution in [0.15, 0.2) is 87.4 Å². The first-order valence-corrected chi connectivity index (χ1v) is 14.9. The van der Waals surface area contributed by atoms with Gasteiger partial charge in [0.1, 0.15) is 5.75 Å². The topological polar surface area (TPSA) is 132 Å². The lowest BCUT2D eigenvalue weighted by Gasteiger charge is -2.35. The van der Waals surface area contributed by atoms with Crippen molar-refractivity contribution in [2.45, 2.75) is 43.7 Å². The molecule has 0 unspecified atom stereocenters. The van der Waals surface area contributed by atoms with Crippen molar-refractivity contribution in [2.75, 3.05) is 26.3 Å². The van der Waals surface area contributed by atoms with Gasteiger partial charge in [0.2, 0.25) is 5.90 Å². The molecule has 42 heavy (non-hydrogen) atoms. The summed E-state index contributed by atoms with van der Waals surface area (Å²) in [6.45, 7) is 1.98. The van der Waals surface area contributed by atoms with Crippen molar-refractivity contribution in [3.8, 4) is 5.75 Å². The number of benzene rings is 3. The SMILES string of the molecule is [N-]=[N+]=Nc1ccccc1[C@@H]1OC(c2ccc(OCCCO)cc2)=N[C@]1(Cc1ccc(Br)cc1)C(=O)NN1CCCCC1. The molecule has 5 rings (SSSR count). The number of amides is 1. The van der Waals surface area contributed by atoms with Gasteiger partial charge in [-0.15, -0.1) is 0 Å². The fourth-order valence-electron chi connectivity index (χ4n) is 5.27. The van der Waals surface area contributed by atoms with Crippen LogP contribution in [0.1, 0.15) is 48.5 Å². The molecule has 2 aliphatic rings. The number of halogens is 1. The van der Waals surface area contributed by atoms with Gasteiger partial charge in [-0.2, -0.15) is 0 Å². The Morgan fingerprint density at radius 1 is 1.12 bits per heavy atom. The largest absolute Gasteiger partial charge is 0.494 e. The van der Waals surface area contributed by atoms with Gasteiger partial charge >= 0.3 is 0 Å². The summed E-state index contributed by atoms with van der Waals surface area (Å²) < 4.78 is 13.2. The van der Waals surface area contributed by atoms with Gasteiger partial charge in [0, 0.05) is 58.7 Å². The van der Waals surface area contributed by atoms with Gasteiger partial charge in [0.25, 0.3) is 5.91 Å². The van der Waals surface area contributed by atoms with Crippen LogP contribution in [-0.4, -0.2) is 53.8 Å². The number of ether oxygens (including phenoxy) is 2. The van der Waals surface area contributed by atoms with Crippen molar-refractivity contribution < 1.29 is 19.4 Å². The van der Waals surface area contributed by atoms with E-state index in [9.17, 15) is 10.3 Å². The number of aliphatic hydroxyl groups is 1. The third kappa shape index (κ3) is 6.77. The molecule has 218 valence electrons. The molecule has 0 aliphatic carbocycles. The Balaban J connectivity index is 1.60. The Bertz CT molecular complexity index is 1450. The van der Waals surface area contributed by atoms with Crippen LogP contribution in [0.3, 0.4) is 0 Å². The number of nitrogens with zero attached hydrogens (tertiary/aromatic N) is 5. The maximum absolute atomic E-state index is 14.4. The van der Waals surface area contributed by atoms with Gasteiger partial charge < -0.3 is 14.6 Å². The minimum atomic E-state index is -1.40. The van der Waals surface area contributed by atoms with Crippen LogP contribution in [0.25, 0.3) is 10.4 Å². The number of hydrogen-bond acceptors (Lipinski definition) is 7. The maximum Gasteiger partial charge on any atom is 0.266 e. The third-order valence-corrected chi connectivity index (χ3v) is 7.93. The number of rotatable bonds is 11. The van der Waals surface area contributed by atoms with Gasteiger partial charge in [0.15, 0.2) is 11.6 Å². The molecule has 2 N–H and O–H groups in total. The number of nitrogens with one attached hydrogen (secondary N) is 1. The van der Waals surface area contributed by atoms with Gasteiger partial charge in [-0.1, -0.05) is 63.9 Å². The normalized spacial score (nSPS) is 20.2. The summed E-state index contributed by atoms with van der Waals surface area (Å²) in [5, 5.41) is 14.9. The van der Waals surface area contributed by atoms with E-state index < -0.39 is 11.6 Å². The molecule has 3 aromatic rings. The molecule has 10 nitrogen and oxygen atoms in total. The van der Waals surface area contributed by atoms with Crippen LogP contribution < -0.4 is 10.2 Å². The average molecular weight is 634 g/mol. The van der Waals surface area contributed by atoms with E-state index in [4.69, 9.17) is 19.6 Å². The highest BCUT2D eigenvalue weighted by molar-refractivity contribution is 9.10. The minimum Gasteiger partial charge on any atom is -0.494 e. The monoisotopic (exact) mass is 632 g/mol. The summed E-state index contributed by atoms with van der Waals surface area (Å²) >= 11 is 3.50. The van der Waals surface area contributed by atoms with E-state index in [-0.39, 0.29) is 18.9 Å². The van der Waals surface area contributed by atoms with Crippen LogP contribution in [-0.2, 0) is 16.0 Å². The standard InChI is InChI=1S/C31H33BrN6O4/c32-24-13-9-22(10-14-24)21-31(30(40)36-38-17-4-1-5-18-38)28(26-7-2-3-8-27(26)35-37-33)42-29(34-31)23-11-15-25(16-12-23)41-20-6-19-39/h2-3,7-16,28,39H,1,4-6,17-21H2,(H,36,40)/t28-,31-/m0/s1. The molecule has 0 aromatic heterocycles. The van der Waals surface area contributed by atoms with Gasteiger partial charge in [-0.3, -0.25) is 10.2 Å². The van der Waals surface area contributed by atoms with Crippen molar-refractivity contribution in [1.29, 1.82) is 0 Å². The number of azide groups is 1. The molecule has 1 amide bonds. The fourth-order valence-corrected chi connectivity index (χ4v) is 5.53. The van der Waals surface area contributed by atoms with Crippen LogP contribution in [0.4, 0.5) is 5.69 Å². The summed E-state index contributed by atoms with van der Waals surface area (Å²) in [5.74, 6) is 0.676. The van der Waals surface area contributed by atoms with Crippen molar-refractivity contribution in [3.63, 3.8) is 0 Å². The zero-order chi connectivity index (χ0) is 29.4. The van der Waals surface area contributed by atoms with Gasteiger partial charge in [0.05, 0.1) is 6.61 Å². The molecular weight excluding hydrogens is 600 g/mol. The lowest BCUT2D eigenvalue weighted by Crippen LogP contribution is -2.56. The number of carbonyl (C=O) groups excluding carboxylic acids is 1. The average Bonchev–Trinajstić information content (AvgIpc) is 3.40. The summed E-state index contributed by atoms with van der Waals surface area (Å²) in [4.78, 5) is 22.5. The lowest BCUT2D eigenvalue weighted by molar-refractivity contribution is -0.134. The molecule has 0 bridgehead atoms. The van der Waals surface area contributed by atoms with Crippen LogP contribution in [0, 0.1) is 0 Å². The highest BCUT2D eigenvalue weighted by Gasteiger charge is 2.54. The molecule has 2 heterocycles. The van der Waals surface area contributed by atoms with Crippen molar-refractivity contribution >= 4 is 33.4 Å². The van der Waals surface area contributed by atoms with Gasteiger partial charge in [-0.25, -0.2) is 10.0 Å². The number of hydrogen-bond donors (Lipinski definition) is 2. The summed E-state index contributed by atoms with van der Waals surface area (Å²) in [7, 11) is 0. The molecule has 1 saturated heterocycles. The summed E-state index contributed by atoms with van der Waals surface area (Å²) in [6.07, 6.45) is 3.05. The number of piperidine rings is 1. The Labute approximate surface area is 253 Å². The second kappa shape index (κ2) is 13.8. The first-order valence-electron chi connectivity index (χ1n) is 14.1. The number of aliphatic imine (C=N–C) groups is 1. The predicted molar refractivity (Wildman–Crippen MR) is 163 cm³/mol. The highest BCUT2D eigenvalue weighted by atomic mass is 79.9. The number of aliphatic hydroxyl groups excluding tert-OH is 1. The Hall–Kier alpha value is -3.89. The molecule has 2 aliphatic heterocycles. The Morgan fingerprint density at radius 3 is 2.57 bits per heavy atom. The molecule has 0 radical (unpaired) electrons. The molecular formula is C31H33BrN6O4. The molecule has 11 heteroatoms. The van der Waals surface area contributed by atoms with E-state index in [2.05, 4.69) is 31.4 Å². The first-order chi connectivity index (χ1) is 20.5. The smallest absolute Gasteiger partial charge is 0.266 e. The predicted octanol–water partition coefficient (Wildman–Crippen LogP) is 6.17. The molecule has 0 saturated carbocycles.